The van der Waals surface area contributed by atoms with Crippen LogP contribution in [0.15, 0.2) is 0 Å². The fourth-order valence-electron chi connectivity index (χ4n) is 2.36. The number of likely N-dealkylation sites (tertiary alicyclic amines) is 1. The van der Waals surface area contributed by atoms with E-state index in [1.54, 1.807) is 7.05 Å². The van der Waals surface area contributed by atoms with Gasteiger partial charge in [0.2, 0.25) is 5.91 Å². The molecule has 5 heteroatoms. The molecule has 0 radical (unpaired) electrons. The predicted molar refractivity (Wildman–Crippen MR) is 64.8 cm³/mol. The fraction of sp³-hybridized carbons (Fsp3) is 0.833. The maximum absolute atomic E-state index is 12.1. The molecule has 0 bridgehead atoms. The molecule has 1 heterocycles. The van der Waals surface area contributed by atoms with Crippen LogP contribution in [0.4, 0.5) is 0 Å². The Morgan fingerprint density at radius 1 is 1.41 bits per heavy atom. The average Bonchev–Trinajstić information content (AvgIpc) is 2.28. The highest BCUT2D eigenvalue weighted by molar-refractivity contribution is 5.85. The minimum Gasteiger partial charge on any atom is -0.480 e. The van der Waals surface area contributed by atoms with Crippen LogP contribution >= 0.6 is 0 Å². The van der Waals surface area contributed by atoms with Crippen molar-refractivity contribution in [3.8, 4) is 0 Å². The highest BCUT2D eigenvalue weighted by Gasteiger charge is 2.30. The minimum absolute atomic E-state index is 0.0550. The lowest BCUT2D eigenvalue weighted by atomic mass is 10.0. The molecule has 1 aliphatic heterocycles. The standard InChI is InChI=1S/C12H22N2O3/c1-3-7-14-8-5-4-6-10(14)12(17)13(2)9-11(15)16/h10H,3-9H2,1-2H3,(H,15,16)/t10-/m0/s1. The SMILES string of the molecule is CCCN1CCCC[C@H]1C(=O)N(C)CC(=O)O. The number of likely N-dealkylation sites (N-methyl/N-ethyl adjacent to an activating group) is 1. The van der Waals surface area contributed by atoms with E-state index in [-0.39, 0.29) is 18.5 Å². The van der Waals surface area contributed by atoms with Gasteiger partial charge in [0.1, 0.15) is 6.54 Å². The lowest BCUT2D eigenvalue weighted by Gasteiger charge is -2.36. The van der Waals surface area contributed by atoms with E-state index in [0.29, 0.717) is 0 Å². The number of carboxylic acids is 1. The van der Waals surface area contributed by atoms with E-state index in [9.17, 15) is 9.59 Å². The maximum Gasteiger partial charge on any atom is 0.323 e. The van der Waals surface area contributed by atoms with Crippen LogP contribution in [0.1, 0.15) is 32.6 Å². The first-order valence-corrected chi connectivity index (χ1v) is 6.27. The van der Waals surface area contributed by atoms with Gasteiger partial charge in [0.15, 0.2) is 0 Å². The topological polar surface area (TPSA) is 60.9 Å². The normalized spacial score (nSPS) is 21.2. The van der Waals surface area contributed by atoms with Crippen molar-refractivity contribution < 1.29 is 14.7 Å². The van der Waals surface area contributed by atoms with E-state index in [1.165, 1.54) is 4.90 Å². The van der Waals surface area contributed by atoms with Crippen LogP contribution in [0, 0.1) is 0 Å². The van der Waals surface area contributed by atoms with Crippen LogP contribution < -0.4 is 0 Å². The van der Waals surface area contributed by atoms with Crippen LogP contribution in [0.25, 0.3) is 0 Å². The van der Waals surface area contributed by atoms with Gasteiger partial charge in [0.05, 0.1) is 6.04 Å². The van der Waals surface area contributed by atoms with Crippen LogP contribution in [0.2, 0.25) is 0 Å². The highest BCUT2D eigenvalue weighted by Crippen LogP contribution is 2.18. The van der Waals surface area contributed by atoms with Gasteiger partial charge in [-0.2, -0.15) is 0 Å². The fourth-order valence-corrected chi connectivity index (χ4v) is 2.36. The molecule has 17 heavy (non-hydrogen) atoms. The first-order chi connectivity index (χ1) is 8.06. The number of carboxylic acid groups (broad SMARTS) is 1. The Hall–Kier alpha value is -1.10. The van der Waals surface area contributed by atoms with E-state index in [1.807, 2.05) is 0 Å². The maximum atomic E-state index is 12.1. The number of piperidine rings is 1. The van der Waals surface area contributed by atoms with Crippen molar-refractivity contribution in [3.05, 3.63) is 0 Å². The molecule has 98 valence electrons. The van der Waals surface area contributed by atoms with Gasteiger partial charge in [-0.1, -0.05) is 13.3 Å². The Balaban J connectivity index is 2.60. The molecule has 0 spiro atoms. The van der Waals surface area contributed by atoms with Crippen molar-refractivity contribution in [1.29, 1.82) is 0 Å². The molecule has 0 aliphatic carbocycles. The van der Waals surface area contributed by atoms with Crippen molar-refractivity contribution in [2.75, 3.05) is 26.7 Å². The third-order valence-corrected chi connectivity index (χ3v) is 3.16. The van der Waals surface area contributed by atoms with Crippen LogP contribution in [0.5, 0.6) is 0 Å². The molecule has 1 atom stereocenters. The van der Waals surface area contributed by atoms with Crippen molar-refractivity contribution in [3.63, 3.8) is 0 Å². The lowest BCUT2D eigenvalue weighted by Crippen LogP contribution is -2.51. The van der Waals surface area contributed by atoms with Gasteiger partial charge in [0, 0.05) is 7.05 Å². The molecule has 5 nitrogen and oxygen atoms in total. The summed E-state index contributed by atoms with van der Waals surface area (Å²) in [6.07, 6.45) is 4.05. The van der Waals surface area contributed by atoms with Crippen LogP contribution in [-0.4, -0.2) is 59.5 Å². The lowest BCUT2D eigenvalue weighted by molar-refractivity contribution is -0.146. The summed E-state index contributed by atoms with van der Waals surface area (Å²) in [6.45, 7) is 3.74. The Morgan fingerprint density at radius 3 is 2.71 bits per heavy atom. The smallest absolute Gasteiger partial charge is 0.323 e. The second-order valence-electron chi connectivity index (χ2n) is 4.64. The van der Waals surface area contributed by atoms with Gasteiger partial charge in [-0.15, -0.1) is 0 Å². The van der Waals surface area contributed by atoms with Crippen molar-refractivity contribution >= 4 is 11.9 Å². The van der Waals surface area contributed by atoms with Gasteiger partial charge in [-0.3, -0.25) is 14.5 Å². The molecule has 0 aromatic heterocycles. The molecule has 1 saturated heterocycles. The Labute approximate surface area is 102 Å². The third-order valence-electron chi connectivity index (χ3n) is 3.16. The van der Waals surface area contributed by atoms with Gasteiger partial charge < -0.3 is 10.0 Å². The predicted octanol–water partition coefficient (Wildman–Crippen LogP) is 0.794. The molecule has 0 saturated carbocycles. The van der Waals surface area contributed by atoms with E-state index in [4.69, 9.17) is 5.11 Å². The first-order valence-electron chi connectivity index (χ1n) is 6.27. The van der Waals surface area contributed by atoms with E-state index < -0.39 is 5.97 Å². The number of rotatable bonds is 5. The summed E-state index contributed by atoms with van der Waals surface area (Å²) in [4.78, 5) is 26.2. The van der Waals surface area contributed by atoms with Gasteiger partial charge in [-0.05, 0) is 32.4 Å². The quantitative estimate of drug-likeness (QED) is 0.774. The Morgan fingerprint density at radius 2 is 2.12 bits per heavy atom. The molecule has 0 unspecified atom stereocenters. The summed E-state index contributed by atoms with van der Waals surface area (Å²) < 4.78 is 0. The van der Waals surface area contributed by atoms with Crippen molar-refractivity contribution in [1.82, 2.24) is 9.80 Å². The first kappa shape index (κ1) is 14.0. The van der Waals surface area contributed by atoms with Crippen molar-refractivity contribution in [2.24, 2.45) is 0 Å². The molecule has 0 aromatic carbocycles. The van der Waals surface area contributed by atoms with Gasteiger partial charge >= 0.3 is 5.97 Å². The molecule has 0 aromatic rings. The Bertz CT molecular complexity index is 279. The summed E-state index contributed by atoms with van der Waals surface area (Å²) in [5, 5.41) is 8.69. The van der Waals surface area contributed by atoms with Crippen LogP contribution in [0.3, 0.4) is 0 Å². The molecule has 1 aliphatic rings. The zero-order valence-corrected chi connectivity index (χ0v) is 10.7. The molecule has 1 rings (SSSR count). The molecule has 1 amide bonds. The molecule has 1 N–H and O–H groups in total. The number of amides is 1. The van der Waals surface area contributed by atoms with E-state index >= 15 is 0 Å². The summed E-state index contributed by atoms with van der Waals surface area (Å²) in [7, 11) is 1.56. The molecule has 1 fully saturated rings. The largest absolute Gasteiger partial charge is 0.480 e. The Kier molecular flexibility index (Phi) is 5.41. The average molecular weight is 242 g/mol. The summed E-state index contributed by atoms with van der Waals surface area (Å²) in [5.74, 6) is -1.01. The second-order valence-corrected chi connectivity index (χ2v) is 4.64. The third kappa shape index (κ3) is 4.00. The number of carbonyl (C=O) groups is 2. The zero-order chi connectivity index (χ0) is 12.8. The van der Waals surface area contributed by atoms with Crippen molar-refractivity contribution in [2.45, 2.75) is 38.6 Å². The highest BCUT2D eigenvalue weighted by atomic mass is 16.4. The van der Waals surface area contributed by atoms with Gasteiger partial charge in [0.25, 0.3) is 0 Å². The number of nitrogens with zero attached hydrogens (tertiary/aromatic N) is 2. The van der Waals surface area contributed by atoms with E-state index in [0.717, 1.165) is 38.8 Å². The monoisotopic (exact) mass is 242 g/mol. The zero-order valence-electron chi connectivity index (χ0n) is 10.7. The number of aliphatic carboxylic acids is 1. The summed E-state index contributed by atoms with van der Waals surface area (Å²) in [5.41, 5.74) is 0. The summed E-state index contributed by atoms with van der Waals surface area (Å²) in [6, 6.07) is -0.118. The molecular weight excluding hydrogens is 220 g/mol. The van der Waals surface area contributed by atoms with Crippen LogP contribution in [-0.2, 0) is 9.59 Å². The second kappa shape index (κ2) is 6.59. The number of carbonyl (C=O) groups excluding carboxylic acids is 1. The summed E-state index contributed by atoms with van der Waals surface area (Å²) >= 11 is 0. The van der Waals surface area contributed by atoms with Gasteiger partial charge in [-0.25, -0.2) is 0 Å². The number of hydrogen-bond donors (Lipinski definition) is 1. The molecular formula is C12H22N2O3. The minimum atomic E-state index is -0.960. The number of hydrogen-bond acceptors (Lipinski definition) is 3. The van der Waals surface area contributed by atoms with E-state index in [2.05, 4.69) is 11.8 Å².